The molecule has 2 heteroatoms. The highest BCUT2D eigenvalue weighted by Gasteiger charge is 2.02. The second-order valence-corrected chi connectivity index (χ2v) is 4.78. The van der Waals surface area contributed by atoms with Crippen molar-refractivity contribution in [1.82, 2.24) is 4.98 Å². The van der Waals surface area contributed by atoms with Gasteiger partial charge < -0.3 is 5.73 Å². The summed E-state index contributed by atoms with van der Waals surface area (Å²) in [5.74, 6) is 0.671. The zero-order chi connectivity index (χ0) is 12.3. The van der Waals surface area contributed by atoms with Crippen molar-refractivity contribution in [2.45, 2.75) is 20.3 Å². The predicted octanol–water partition coefficient (Wildman–Crippen LogP) is 3.53. The molecule has 0 saturated heterocycles. The van der Waals surface area contributed by atoms with Gasteiger partial charge in [-0.25, -0.2) is 0 Å². The maximum absolute atomic E-state index is 5.64. The minimum atomic E-state index is 0.671. The third-order valence-corrected chi connectivity index (χ3v) is 2.65. The van der Waals surface area contributed by atoms with Crippen LogP contribution in [0.25, 0.3) is 11.3 Å². The SMILES string of the molecule is CC(C)Cc1cccc(-c2ccc(N)cn2)c1. The van der Waals surface area contributed by atoms with E-state index in [2.05, 4.69) is 43.1 Å². The number of pyridine rings is 1. The number of hydrogen-bond donors (Lipinski definition) is 1. The Morgan fingerprint density at radius 2 is 2.00 bits per heavy atom. The van der Waals surface area contributed by atoms with Gasteiger partial charge in [0.1, 0.15) is 0 Å². The van der Waals surface area contributed by atoms with E-state index in [-0.39, 0.29) is 0 Å². The Bertz CT molecular complexity index is 487. The van der Waals surface area contributed by atoms with Crippen molar-refractivity contribution < 1.29 is 0 Å². The molecule has 0 amide bonds. The first-order valence-electron chi connectivity index (χ1n) is 5.96. The molecule has 0 spiro atoms. The molecule has 0 aliphatic heterocycles. The molecule has 0 bridgehead atoms. The molecule has 0 aliphatic rings. The molecular weight excluding hydrogens is 208 g/mol. The van der Waals surface area contributed by atoms with Crippen molar-refractivity contribution >= 4 is 5.69 Å². The van der Waals surface area contributed by atoms with Gasteiger partial charge in [0.15, 0.2) is 0 Å². The number of nitrogens with zero attached hydrogens (tertiary/aromatic N) is 1. The summed E-state index contributed by atoms with van der Waals surface area (Å²) in [5, 5.41) is 0. The molecule has 2 rings (SSSR count). The van der Waals surface area contributed by atoms with E-state index in [4.69, 9.17) is 5.73 Å². The van der Waals surface area contributed by atoms with Crippen molar-refractivity contribution in [3.8, 4) is 11.3 Å². The molecule has 0 fully saturated rings. The molecule has 0 aliphatic carbocycles. The molecule has 2 aromatic rings. The summed E-state index contributed by atoms with van der Waals surface area (Å²) < 4.78 is 0. The second-order valence-electron chi connectivity index (χ2n) is 4.78. The zero-order valence-corrected chi connectivity index (χ0v) is 10.4. The summed E-state index contributed by atoms with van der Waals surface area (Å²) >= 11 is 0. The predicted molar refractivity (Wildman–Crippen MR) is 72.6 cm³/mol. The number of aromatic nitrogens is 1. The summed E-state index contributed by atoms with van der Waals surface area (Å²) in [5.41, 5.74) is 9.83. The van der Waals surface area contributed by atoms with Crippen LogP contribution in [0.3, 0.4) is 0 Å². The first-order valence-corrected chi connectivity index (χ1v) is 5.96. The van der Waals surface area contributed by atoms with E-state index < -0.39 is 0 Å². The lowest BCUT2D eigenvalue weighted by Gasteiger charge is -2.07. The number of benzene rings is 1. The van der Waals surface area contributed by atoms with Crippen molar-refractivity contribution in [2.24, 2.45) is 5.92 Å². The van der Waals surface area contributed by atoms with Crippen LogP contribution in [0, 0.1) is 5.92 Å². The third kappa shape index (κ3) is 3.06. The lowest BCUT2D eigenvalue weighted by molar-refractivity contribution is 0.647. The molecule has 1 aromatic carbocycles. The highest BCUT2D eigenvalue weighted by molar-refractivity contribution is 5.61. The van der Waals surface area contributed by atoms with Gasteiger partial charge in [0, 0.05) is 5.56 Å². The Morgan fingerprint density at radius 1 is 1.18 bits per heavy atom. The van der Waals surface area contributed by atoms with Gasteiger partial charge in [0.2, 0.25) is 0 Å². The van der Waals surface area contributed by atoms with Crippen LogP contribution in [0.4, 0.5) is 5.69 Å². The molecule has 0 saturated carbocycles. The van der Waals surface area contributed by atoms with Crippen LogP contribution in [-0.4, -0.2) is 4.98 Å². The highest BCUT2D eigenvalue weighted by Crippen LogP contribution is 2.20. The monoisotopic (exact) mass is 226 g/mol. The van der Waals surface area contributed by atoms with E-state index in [1.807, 2.05) is 12.1 Å². The summed E-state index contributed by atoms with van der Waals surface area (Å²) in [6.45, 7) is 4.46. The Hall–Kier alpha value is -1.83. The van der Waals surface area contributed by atoms with Crippen molar-refractivity contribution in [3.63, 3.8) is 0 Å². The van der Waals surface area contributed by atoms with Gasteiger partial charge in [-0.15, -0.1) is 0 Å². The van der Waals surface area contributed by atoms with E-state index in [1.165, 1.54) is 5.56 Å². The van der Waals surface area contributed by atoms with Gasteiger partial charge in [-0.05, 0) is 36.1 Å². The number of rotatable bonds is 3. The van der Waals surface area contributed by atoms with Gasteiger partial charge in [-0.1, -0.05) is 32.0 Å². The average molecular weight is 226 g/mol. The van der Waals surface area contributed by atoms with Crippen LogP contribution in [-0.2, 0) is 6.42 Å². The Labute approximate surface area is 103 Å². The number of anilines is 1. The molecule has 0 atom stereocenters. The lowest BCUT2D eigenvalue weighted by atomic mass is 10.00. The van der Waals surface area contributed by atoms with Crippen LogP contribution < -0.4 is 5.73 Å². The zero-order valence-electron chi connectivity index (χ0n) is 10.4. The Morgan fingerprint density at radius 3 is 2.65 bits per heavy atom. The fourth-order valence-electron chi connectivity index (χ4n) is 1.91. The van der Waals surface area contributed by atoms with E-state index in [0.29, 0.717) is 11.6 Å². The normalized spacial score (nSPS) is 10.8. The van der Waals surface area contributed by atoms with Crippen molar-refractivity contribution in [3.05, 3.63) is 48.2 Å². The summed E-state index contributed by atoms with van der Waals surface area (Å²) in [6, 6.07) is 12.4. The molecule has 0 unspecified atom stereocenters. The van der Waals surface area contributed by atoms with E-state index in [9.17, 15) is 0 Å². The van der Waals surface area contributed by atoms with E-state index in [0.717, 1.165) is 17.7 Å². The van der Waals surface area contributed by atoms with Crippen LogP contribution >= 0.6 is 0 Å². The summed E-state index contributed by atoms with van der Waals surface area (Å²) in [7, 11) is 0. The average Bonchev–Trinajstić information content (AvgIpc) is 2.29. The number of nitrogen functional groups attached to an aromatic ring is 1. The molecular formula is C15H18N2. The van der Waals surface area contributed by atoms with Crippen molar-refractivity contribution in [1.29, 1.82) is 0 Å². The van der Waals surface area contributed by atoms with Gasteiger partial charge in [0.25, 0.3) is 0 Å². The number of hydrogen-bond acceptors (Lipinski definition) is 2. The largest absolute Gasteiger partial charge is 0.397 e. The third-order valence-electron chi connectivity index (χ3n) is 2.65. The number of nitrogens with two attached hydrogens (primary N) is 1. The van der Waals surface area contributed by atoms with E-state index in [1.54, 1.807) is 6.20 Å². The molecule has 1 heterocycles. The van der Waals surface area contributed by atoms with Crippen LogP contribution in [0.1, 0.15) is 19.4 Å². The maximum atomic E-state index is 5.64. The lowest BCUT2D eigenvalue weighted by Crippen LogP contribution is -1.94. The van der Waals surface area contributed by atoms with Crippen molar-refractivity contribution in [2.75, 3.05) is 5.73 Å². The van der Waals surface area contributed by atoms with Gasteiger partial charge in [0.05, 0.1) is 17.6 Å². The quantitative estimate of drug-likeness (QED) is 0.869. The maximum Gasteiger partial charge on any atom is 0.0703 e. The fourth-order valence-corrected chi connectivity index (χ4v) is 1.91. The van der Waals surface area contributed by atoms with E-state index >= 15 is 0 Å². The van der Waals surface area contributed by atoms with Crippen LogP contribution in [0.15, 0.2) is 42.6 Å². The summed E-state index contributed by atoms with van der Waals surface area (Å²) in [4.78, 5) is 4.34. The molecule has 88 valence electrons. The fraction of sp³-hybridized carbons (Fsp3) is 0.267. The van der Waals surface area contributed by atoms with Gasteiger partial charge in [-0.2, -0.15) is 0 Å². The van der Waals surface area contributed by atoms with Crippen LogP contribution in [0.5, 0.6) is 0 Å². The standard InChI is InChI=1S/C15H18N2/c1-11(2)8-12-4-3-5-13(9-12)15-7-6-14(16)10-17-15/h3-7,9-11H,8,16H2,1-2H3. The topological polar surface area (TPSA) is 38.9 Å². The highest BCUT2D eigenvalue weighted by atomic mass is 14.7. The molecule has 17 heavy (non-hydrogen) atoms. The molecule has 2 N–H and O–H groups in total. The summed E-state index contributed by atoms with van der Waals surface area (Å²) in [6.07, 6.45) is 2.80. The Kier molecular flexibility index (Phi) is 3.43. The molecule has 2 nitrogen and oxygen atoms in total. The van der Waals surface area contributed by atoms with Crippen LogP contribution in [0.2, 0.25) is 0 Å². The van der Waals surface area contributed by atoms with Gasteiger partial charge in [-0.3, -0.25) is 4.98 Å². The smallest absolute Gasteiger partial charge is 0.0703 e. The molecule has 0 radical (unpaired) electrons. The molecule has 1 aromatic heterocycles. The Balaban J connectivity index is 2.29. The first kappa shape index (κ1) is 11.6. The first-order chi connectivity index (χ1) is 8.15. The minimum absolute atomic E-state index is 0.671. The van der Waals surface area contributed by atoms with Gasteiger partial charge >= 0.3 is 0 Å². The second kappa shape index (κ2) is 5.00. The minimum Gasteiger partial charge on any atom is -0.397 e.